The summed E-state index contributed by atoms with van der Waals surface area (Å²) in [7, 11) is -0.808. The minimum atomic E-state index is -2.52. The molecule has 1 atom stereocenters. The Hall–Kier alpha value is -2.93. The number of ketones is 1. The van der Waals surface area contributed by atoms with Crippen molar-refractivity contribution in [1.29, 1.82) is 0 Å². The average molecular weight is 684 g/mol. The number of benzene rings is 2. The zero-order valence-electron chi connectivity index (χ0n) is 32.3. The molecule has 1 amide bonds. The number of hydrazine groups is 1. The van der Waals surface area contributed by atoms with Gasteiger partial charge in [0.2, 0.25) is 5.91 Å². The van der Waals surface area contributed by atoms with Gasteiger partial charge in [-0.2, -0.15) is 0 Å². The summed E-state index contributed by atoms with van der Waals surface area (Å²) in [6, 6.07) is 15.6. The molecule has 3 rings (SSSR count). The van der Waals surface area contributed by atoms with E-state index < -0.39 is 23.7 Å². The Morgan fingerprint density at radius 3 is 1.92 bits per heavy atom. The molecule has 0 bridgehead atoms. The van der Waals surface area contributed by atoms with Crippen LogP contribution in [-0.2, 0) is 20.7 Å². The predicted molar refractivity (Wildman–Crippen MR) is 207 cm³/mol. The first-order valence-corrected chi connectivity index (χ1v) is 20.0. The maximum Gasteiger partial charge on any atom is 0.232 e. The van der Waals surface area contributed by atoms with E-state index in [-0.39, 0.29) is 11.7 Å². The molecule has 1 unspecified atom stereocenters. The standard InChI is InChI=1S/C34H52N5O3P.C3H8.C2H6/c1-10-28(40)32(2,3)19-20-33(4,5)31(41)38-23-24-15-11-12-16-25(24)29(35)30(26-17-13-14-18-27(26)38)39(36)34(6,7)21-22-43(9,42)37-8;1-3-2;1-2/h11-18H,10,19-23,35-36H2,1-9H3,(H,37,42);3H2,1-2H3;1-2H3/b30-29-;;. The summed E-state index contributed by atoms with van der Waals surface area (Å²) in [5.74, 6) is 7.15. The van der Waals surface area contributed by atoms with Gasteiger partial charge >= 0.3 is 0 Å². The van der Waals surface area contributed by atoms with E-state index in [1.165, 1.54) is 6.42 Å². The molecule has 48 heavy (non-hydrogen) atoms. The van der Waals surface area contributed by atoms with Gasteiger partial charge in [0.15, 0.2) is 0 Å². The zero-order valence-corrected chi connectivity index (χ0v) is 33.2. The van der Waals surface area contributed by atoms with Crippen LogP contribution in [-0.4, -0.2) is 42.1 Å². The van der Waals surface area contributed by atoms with Gasteiger partial charge in [-0.1, -0.05) is 111 Å². The SMILES string of the molecule is CC.CCC.CCC(=O)C(C)(C)CCC(C)(C)C(=O)N1Cc2ccccc2/C(N)=C(/N(N)C(C)(C)CCP(C)(=O)NC)c2ccccc21. The van der Waals surface area contributed by atoms with Crippen LogP contribution in [0.4, 0.5) is 5.69 Å². The highest BCUT2D eigenvalue weighted by atomic mass is 31.2. The van der Waals surface area contributed by atoms with Crippen LogP contribution >= 0.6 is 7.29 Å². The van der Waals surface area contributed by atoms with E-state index in [0.29, 0.717) is 49.8 Å². The molecule has 0 aromatic heterocycles. The van der Waals surface area contributed by atoms with Crippen LogP contribution in [0.1, 0.15) is 125 Å². The topological polar surface area (TPSA) is 122 Å². The van der Waals surface area contributed by atoms with E-state index in [0.717, 1.165) is 22.4 Å². The number of hydrogen-bond donors (Lipinski definition) is 3. The maximum atomic E-state index is 14.5. The van der Waals surface area contributed by atoms with Crippen LogP contribution in [0, 0.1) is 10.8 Å². The molecule has 0 aliphatic carbocycles. The van der Waals surface area contributed by atoms with Gasteiger partial charge in [0.25, 0.3) is 0 Å². The number of nitrogens with one attached hydrogen (secondary N) is 1. The van der Waals surface area contributed by atoms with Crippen molar-refractivity contribution < 1.29 is 14.2 Å². The van der Waals surface area contributed by atoms with Gasteiger partial charge < -0.3 is 20.2 Å². The largest absolute Gasteiger partial charge is 0.396 e. The zero-order chi connectivity index (χ0) is 37.1. The molecule has 1 aliphatic heterocycles. The minimum absolute atomic E-state index is 0.0295. The highest BCUT2D eigenvalue weighted by Gasteiger charge is 2.39. The summed E-state index contributed by atoms with van der Waals surface area (Å²) in [5, 5.41) is 4.63. The van der Waals surface area contributed by atoms with Crippen molar-refractivity contribution in [1.82, 2.24) is 10.1 Å². The number of amides is 1. The molecule has 0 spiro atoms. The summed E-state index contributed by atoms with van der Waals surface area (Å²) in [6.07, 6.45) is 3.92. The third-order valence-corrected chi connectivity index (χ3v) is 11.2. The van der Waals surface area contributed by atoms with E-state index in [2.05, 4.69) is 18.9 Å². The first-order valence-electron chi connectivity index (χ1n) is 17.6. The molecule has 1 heterocycles. The molecule has 1 aliphatic rings. The third kappa shape index (κ3) is 10.8. The molecule has 0 saturated carbocycles. The summed E-state index contributed by atoms with van der Waals surface area (Å²) in [6.45, 7) is 24.1. The van der Waals surface area contributed by atoms with Crippen molar-refractivity contribution in [2.45, 2.75) is 120 Å². The lowest BCUT2D eigenvalue weighted by molar-refractivity contribution is -0.130. The fourth-order valence-electron chi connectivity index (χ4n) is 5.54. The molecule has 9 heteroatoms. The number of fused-ring (bicyclic) bond motifs is 2. The second kappa shape index (κ2) is 18.2. The lowest BCUT2D eigenvalue weighted by Gasteiger charge is -2.42. The predicted octanol–water partition coefficient (Wildman–Crippen LogP) is 9.04. The fraction of sp³-hybridized carbons (Fsp3) is 0.590. The lowest BCUT2D eigenvalue weighted by Crippen LogP contribution is -2.49. The number of Topliss-reactive ketones (excluding diaryl/α,β-unsaturated/α-hetero) is 1. The van der Waals surface area contributed by atoms with Crippen LogP contribution in [0.5, 0.6) is 0 Å². The van der Waals surface area contributed by atoms with Crippen molar-refractivity contribution in [3.8, 4) is 0 Å². The van der Waals surface area contributed by atoms with Crippen LogP contribution in [0.3, 0.4) is 0 Å². The highest BCUT2D eigenvalue weighted by molar-refractivity contribution is 7.61. The maximum absolute atomic E-state index is 14.5. The molecular formula is C39H66N5O3P. The van der Waals surface area contributed by atoms with Crippen molar-refractivity contribution in [2.24, 2.45) is 22.4 Å². The van der Waals surface area contributed by atoms with Crippen molar-refractivity contribution in [3.05, 3.63) is 65.2 Å². The normalized spacial score (nSPS) is 16.0. The Kier molecular flexibility index (Phi) is 16.3. The molecule has 0 saturated heterocycles. The Morgan fingerprint density at radius 1 is 0.875 bits per heavy atom. The fourth-order valence-corrected chi connectivity index (χ4v) is 6.73. The summed E-state index contributed by atoms with van der Waals surface area (Å²) in [5.41, 5.74) is 9.48. The molecule has 270 valence electrons. The molecular weight excluding hydrogens is 617 g/mol. The summed E-state index contributed by atoms with van der Waals surface area (Å²) < 4.78 is 12.9. The third-order valence-electron chi connectivity index (χ3n) is 9.13. The van der Waals surface area contributed by atoms with Crippen molar-refractivity contribution in [2.75, 3.05) is 24.8 Å². The van der Waals surface area contributed by atoms with Crippen LogP contribution in [0.25, 0.3) is 11.4 Å². The van der Waals surface area contributed by atoms with Gasteiger partial charge in [-0.15, -0.1) is 0 Å². The monoisotopic (exact) mass is 683 g/mol. The Balaban J connectivity index is 0.00000218. The van der Waals surface area contributed by atoms with E-state index in [1.807, 2.05) is 116 Å². The molecule has 8 nitrogen and oxygen atoms in total. The van der Waals surface area contributed by atoms with Crippen molar-refractivity contribution in [3.63, 3.8) is 0 Å². The van der Waals surface area contributed by atoms with Gasteiger partial charge in [0.1, 0.15) is 13.1 Å². The number of nitrogens with zero attached hydrogens (tertiary/aromatic N) is 2. The summed E-state index contributed by atoms with van der Waals surface area (Å²) in [4.78, 5) is 29.0. The van der Waals surface area contributed by atoms with Gasteiger partial charge in [-0.25, -0.2) is 5.84 Å². The lowest BCUT2D eigenvalue weighted by atomic mass is 9.75. The Labute approximate surface area is 292 Å². The smallest absolute Gasteiger partial charge is 0.232 e. The van der Waals surface area contributed by atoms with E-state index in [9.17, 15) is 14.2 Å². The van der Waals surface area contributed by atoms with Crippen LogP contribution in [0.15, 0.2) is 48.5 Å². The van der Waals surface area contributed by atoms with Crippen molar-refractivity contribution >= 4 is 36.1 Å². The number of nitrogens with two attached hydrogens (primary N) is 2. The first-order chi connectivity index (χ1) is 22.3. The Morgan fingerprint density at radius 2 is 1.38 bits per heavy atom. The van der Waals surface area contributed by atoms with Crippen LogP contribution < -0.4 is 21.6 Å². The van der Waals surface area contributed by atoms with E-state index >= 15 is 0 Å². The molecule has 0 radical (unpaired) electrons. The average Bonchev–Trinajstić information content (AvgIpc) is 3.06. The Bertz CT molecular complexity index is 1450. The second-order valence-corrected chi connectivity index (χ2v) is 17.7. The number of para-hydroxylation sites is 1. The highest BCUT2D eigenvalue weighted by Crippen LogP contribution is 2.44. The van der Waals surface area contributed by atoms with E-state index in [4.69, 9.17) is 11.6 Å². The second-order valence-electron chi connectivity index (χ2n) is 14.6. The molecule has 2 aromatic rings. The minimum Gasteiger partial charge on any atom is -0.396 e. The number of hydrogen-bond acceptors (Lipinski definition) is 6. The van der Waals surface area contributed by atoms with Gasteiger partial charge in [-0.3, -0.25) is 14.7 Å². The summed E-state index contributed by atoms with van der Waals surface area (Å²) >= 11 is 0. The van der Waals surface area contributed by atoms with Gasteiger partial charge in [-0.05, 0) is 51.8 Å². The molecule has 0 fully saturated rings. The first kappa shape index (κ1) is 43.1. The number of rotatable bonds is 12. The van der Waals surface area contributed by atoms with Crippen LogP contribution in [0.2, 0.25) is 0 Å². The van der Waals surface area contributed by atoms with Gasteiger partial charge in [0.05, 0.1) is 29.2 Å². The number of carbonyl (C=O) groups excluding carboxylic acids is 2. The quantitative estimate of drug-likeness (QED) is 0.116. The van der Waals surface area contributed by atoms with Gasteiger partial charge in [0, 0.05) is 41.2 Å². The number of anilines is 1. The molecule has 2 aromatic carbocycles. The molecule has 5 N–H and O–H groups in total. The number of carbonyl (C=O) groups is 2. The van der Waals surface area contributed by atoms with E-state index in [1.54, 1.807) is 18.7 Å².